The summed E-state index contributed by atoms with van der Waals surface area (Å²) in [5.41, 5.74) is 9.23. The number of hydrogen-bond acceptors (Lipinski definition) is 2. The SMILES string of the molecule is CCc1ccc(-c2cc3c(cc2F)[C@H](OC(N)=O)C(C)(C)C3)cc1. The van der Waals surface area contributed by atoms with Gasteiger partial charge in [0.05, 0.1) is 0 Å². The third kappa shape index (κ3) is 2.88. The minimum Gasteiger partial charge on any atom is -0.441 e. The van der Waals surface area contributed by atoms with Crippen LogP contribution in [0.1, 0.15) is 43.6 Å². The van der Waals surface area contributed by atoms with Gasteiger partial charge in [-0.3, -0.25) is 0 Å². The highest BCUT2D eigenvalue weighted by atomic mass is 19.1. The van der Waals surface area contributed by atoms with Gasteiger partial charge in [0.15, 0.2) is 0 Å². The van der Waals surface area contributed by atoms with Gasteiger partial charge >= 0.3 is 6.09 Å². The maximum absolute atomic E-state index is 14.7. The molecule has 0 aromatic heterocycles. The van der Waals surface area contributed by atoms with Crippen LogP contribution in [0.5, 0.6) is 0 Å². The number of carbonyl (C=O) groups is 1. The summed E-state index contributed by atoms with van der Waals surface area (Å²) in [4.78, 5) is 11.2. The second kappa shape index (κ2) is 5.93. The lowest BCUT2D eigenvalue weighted by atomic mass is 9.87. The van der Waals surface area contributed by atoms with Crippen LogP contribution in [-0.4, -0.2) is 6.09 Å². The molecule has 4 heteroatoms. The molecule has 0 spiro atoms. The molecule has 0 saturated heterocycles. The van der Waals surface area contributed by atoms with Crippen molar-refractivity contribution in [2.45, 2.75) is 39.7 Å². The van der Waals surface area contributed by atoms with Crippen molar-refractivity contribution in [3.05, 3.63) is 58.9 Å². The Labute approximate surface area is 141 Å². The lowest BCUT2D eigenvalue weighted by Crippen LogP contribution is -2.25. The van der Waals surface area contributed by atoms with Crippen LogP contribution in [0.4, 0.5) is 9.18 Å². The highest BCUT2D eigenvalue weighted by Crippen LogP contribution is 2.48. The predicted octanol–water partition coefficient (Wildman–Crippen LogP) is 4.77. The average molecular weight is 327 g/mol. The Morgan fingerprint density at radius 1 is 1.29 bits per heavy atom. The molecule has 126 valence electrons. The van der Waals surface area contributed by atoms with Crippen LogP contribution >= 0.6 is 0 Å². The molecule has 0 heterocycles. The molecule has 1 aliphatic carbocycles. The maximum atomic E-state index is 14.7. The van der Waals surface area contributed by atoms with Crippen LogP contribution in [0, 0.1) is 11.2 Å². The number of halogens is 1. The molecule has 0 saturated carbocycles. The second-order valence-electron chi connectivity index (χ2n) is 7.06. The molecule has 2 aromatic carbocycles. The van der Waals surface area contributed by atoms with E-state index in [1.807, 2.05) is 44.2 Å². The van der Waals surface area contributed by atoms with Crippen molar-refractivity contribution in [2.75, 3.05) is 0 Å². The van der Waals surface area contributed by atoms with Crippen molar-refractivity contribution in [1.29, 1.82) is 0 Å². The summed E-state index contributed by atoms with van der Waals surface area (Å²) in [6, 6.07) is 11.3. The maximum Gasteiger partial charge on any atom is 0.405 e. The number of ether oxygens (including phenoxy) is 1. The average Bonchev–Trinajstić information content (AvgIpc) is 2.76. The molecule has 3 nitrogen and oxygen atoms in total. The van der Waals surface area contributed by atoms with Crippen LogP contribution < -0.4 is 5.73 Å². The van der Waals surface area contributed by atoms with E-state index in [9.17, 15) is 9.18 Å². The first kappa shape index (κ1) is 16.5. The van der Waals surface area contributed by atoms with Crippen LogP contribution in [0.3, 0.4) is 0 Å². The summed E-state index contributed by atoms with van der Waals surface area (Å²) >= 11 is 0. The third-order valence-electron chi connectivity index (χ3n) is 4.77. The second-order valence-corrected chi connectivity index (χ2v) is 7.06. The number of amides is 1. The molecular weight excluding hydrogens is 305 g/mol. The normalized spacial score (nSPS) is 18.2. The lowest BCUT2D eigenvalue weighted by Gasteiger charge is -2.26. The van der Waals surface area contributed by atoms with E-state index in [-0.39, 0.29) is 11.2 Å². The summed E-state index contributed by atoms with van der Waals surface area (Å²) in [6.07, 6.45) is 0.310. The molecule has 1 aliphatic rings. The Morgan fingerprint density at radius 2 is 1.96 bits per heavy atom. The fourth-order valence-electron chi connectivity index (χ4n) is 3.52. The van der Waals surface area contributed by atoms with E-state index in [1.54, 1.807) is 0 Å². The largest absolute Gasteiger partial charge is 0.441 e. The summed E-state index contributed by atoms with van der Waals surface area (Å²) in [6.45, 7) is 6.08. The molecule has 0 radical (unpaired) electrons. The molecule has 0 aliphatic heterocycles. The van der Waals surface area contributed by atoms with Crippen LogP contribution in [0.25, 0.3) is 11.1 Å². The van der Waals surface area contributed by atoms with Crippen molar-refractivity contribution in [3.63, 3.8) is 0 Å². The molecule has 2 N–H and O–H groups in total. The van der Waals surface area contributed by atoms with E-state index < -0.39 is 12.2 Å². The quantitative estimate of drug-likeness (QED) is 0.882. The van der Waals surface area contributed by atoms with Crippen LogP contribution in [-0.2, 0) is 17.6 Å². The molecule has 1 amide bonds. The van der Waals surface area contributed by atoms with Gasteiger partial charge in [-0.2, -0.15) is 0 Å². The van der Waals surface area contributed by atoms with Crippen molar-refractivity contribution >= 4 is 6.09 Å². The van der Waals surface area contributed by atoms with Gasteiger partial charge in [0.1, 0.15) is 11.9 Å². The molecule has 2 aromatic rings. The predicted molar refractivity (Wildman–Crippen MR) is 92.1 cm³/mol. The Hall–Kier alpha value is -2.36. The number of primary amides is 1. The van der Waals surface area contributed by atoms with Gasteiger partial charge in [-0.05, 0) is 47.2 Å². The number of nitrogens with two attached hydrogens (primary N) is 1. The van der Waals surface area contributed by atoms with Gasteiger partial charge in [0.25, 0.3) is 0 Å². The first-order valence-electron chi connectivity index (χ1n) is 8.19. The van der Waals surface area contributed by atoms with E-state index in [4.69, 9.17) is 10.5 Å². The molecule has 0 bridgehead atoms. The molecule has 0 unspecified atom stereocenters. The molecule has 24 heavy (non-hydrogen) atoms. The minimum absolute atomic E-state index is 0.311. The number of aryl methyl sites for hydroxylation is 1. The van der Waals surface area contributed by atoms with E-state index in [1.165, 1.54) is 11.6 Å². The molecule has 1 atom stereocenters. The van der Waals surface area contributed by atoms with Gasteiger partial charge in [-0.1, -0.05) is 45.0 Å². The molecular formula is C20H22FNO2. The third-order valence-corrected chi connectivity index (χ3v) is 4.77. The number of rotatable bonds is 3. The smallest absolute Gasteiger partial charge is 0.405 e. The fraction of sp³-hybridized carbons (Fsp3) is 0.350. The highest BCUT2D eigenvalue weighted by Gasteiger charge is 2.42. The summed E-state index contributed by atoms with van der Waals surface area (Å²) in [5.74, 6) is -0.311. The number of hydrogen-bond donors (Lipinski definition) is 1. The number of benzene rings is 2. The Bertz CT molecular complexity index is 781. The highest BCUT2D eigenvalue weighted by molar-refractivity contribution is 5.68. The van der Waals surface area contributed by atoms with Gasteiger partial charge < -0.3 is 10.5 Å². The van der Waals surface area contributed by atoms with E-state index in [0.717, 1.165) is 17.5 Å². The zero-order chi connectivity index (χ0) is 17.5. The lowest BCUT2D eigenvalue weighted by molar-refractivity contribution is 0.0391. The van der Waals surface area contributed by atoms with E-state index >= 15 is 0 Å². The zero-order valence-electron chi connectivity index (χ0n) is 14.2. The van der Waals surface area contributed by atoms with Crippen LogP contribution in [0.15, 0.2) is 36.4 Å². The monoisotopic (exact) mass is 327 g/mol. The topological polar surface area (TPSA) is 52.3 Å². The van der Waals surface area contributed by atoms with Crippen molar-refractivity contribution in [3.8, 4) is 11.1 Å². The molecule has 0 fully saturated rings. The fourth-order valence-corrected chi connectivity index (χ4v) is 3.52. The summed E-state index contributed by atoms with van der Waals surface area (Å²) in [7, 11) is 0. The Balaban J connectivity index is 2.03. The Kier molecular flexibility index (Phi) is 4.08. The number of carbonyl (C=O) groups excluding carboxylic acids is 1. The minimum atomic E-state index is -0.833. The zero-order valence-corrected chi connectivity index (χ0v) is 14.2. The van der Waals surface area contributed by atoms with Crippen molar-refractivity contribution in [2.24, 2.45) is 11.1 Å². The van der Waals surface area contributed by atoms with Gasteiger partial charge in [0.2, 0.25) is 0 Å². The molecule has 3 rings (SSSR count). The Morgan fingerprint density at radius 3 is 2.54 bits per heavy atom. The summed E-state index contributed by atoms with van der Waals surface area (Å²) in [5, 5.41) is 0. The first-order valence-corrected chi connectivity index (χ1v) is 8.19. The van der Waals surface area contributed by atoms with Gasteiger partial charge in [0, 0.05) is 11.0 Å². The summed E-state index contributed by atoms with van der Waals surface area (Å²) < 4.78 is 20.0. The van der Waals surface area contributed by atoms with Crippen molar-refractivity contribution < 1.29 is 13.9 Å². The number of fused-ring (bicyclic) bond motifs is 1. The first-order chi connectivity index (χ1) is 11.3. The van der Waals surface area contributed by atoms with Gasteiger partial charge in [-0.25, -0.2) is 9.18 Å². The van der Waals surface area contributed by atoms with E-state index in [0.29, 0.717) is 17.5 Å². The van der Waals surface area contributed by atoms with E-state index in [2.05, 4.69) is 6.92 Å². The standard InChI is InChI=1S/C20H22FNO2/c1-4-12-5-7-13(8-6-12)15-9-14-11-20(2,3)18(24-19(22)23)16(14)10-17(15)21/h5-10,18H,4,11H2,1-3H3,(H2,22,23)/t18-/m0/s1. The van der Waals surface area contributed by atoms with Gasteiger partial charge in [-0.15, -0.1) is 0 Å². The van der Waals surface area contributed by atoms with Crippen molar-refractivity contribution in [1.82, 2.24) is 0 Å². The van der Waals surface area contributed by atoms with Crippen LogP contribution in [0.2, 0.25) is 0 Å².